The molecule has 2 aliphatic heterocycles. The Morgan fingerprint density at radius 1 is 1.26 bits per heavy atom. The van der Waals surface area contributed by atoms with Gasteiger partial charge in [-0.05, 0) is 43.1 Å². The second-order valence-electron chi connectivity index (χ2n) is 5.65. The number of carbonyl (C=O) groups excluding carboxylic acids is 1. The van der Waals surface area contributed by atoms with Gasteiger partial charge in [0.2, 0.25) is 0 Å². The summed E-state index contributed by atoms with van der Waals surface area (Å²) in [4.78, 5) is 14.7. The molecular weight excluding hydrogens is 238 g/mol. The van der Waals surface area contributed by atoms with Crippen molar-refractivity contribution in [3.8, 4) is 0 Å². The maximum Gasteiger partial charge on any atom is 0.253 e. The molecule has 98 valence electrons. The van der Waals surface area contributed by atoms with E-state index in [4.69, 9.17) is 0 Å². The van der Waals surface area contributed by atoms with Crippen LogP contribution in [0.15, 0.2) is 36.7 Å². The molecule has 0 aliphatic carbocycles. The highest BCUT2D eigenvalue weighted by Gasteiger charge is 2.38. The number of carbonyl (C=O) groups is 1. The number of hydrogen-bond acceptors (Lipinski definition) is 2. The SMILES string of the molecule is O=C(N[C@H]1CN2CC[C@H]1C2)c1ccc2cccn2c1. The number of aromatic nitrogens is 1. The van der Waals surface area contributed by atoms with Crippen LogP contribution in [-0.4, -0.2) is 40.9 Å². The van der Waals surface area contributed by atoms with E-state index in [0.717, 1.165) is 24.2 Å². The molecule has 0 aromatic carbocycles. The molecule has 1 N–H and O–H groups in total. The van der Waals surface area contributed by atoms with Crippen LogP contribution >= 0.6 is 0 Å². The van der Waals surface area contributed by atoms with Gasteiger partial charge in [-0.2, -0.15) is 0 Å². The third kappa shape index (κ3) is 1.83. The van der Waals surface area contributed by atoms with Crippen LogP contribution in [0.1, 0.15) is 16.8 Å². The Balaban J connectivity index is 1.53. The van der Waals surface area contributed by atoms with Gasteiger partial charge in [-0.15, -0.1) is 0 Å². The van der Waals surface area contributed by atoms with Gasteiger partial charge >= 0.3 is 0 Å². The number of hydrogen-bond donors (Lipinski definition) is 1. The van der Waals surface area contributed by atoms with Crippen LogP contribution < -0.4 is 5.32 Å². The molecule has 4 nitrogen and oxygen atoms in total. The molecule has 4 rings (SSSR count). The van der Waals surface area contributed by atoms with Gasteiger partial charge in [-0.25, -0.2) is 0 Å². The first-order valence-corrected chi connectivity index (χ1v) is 6.89. The summed E-state index contributed by atoms with van der Waals surface area (Å²) >= 11 is 0. The minimum atomic E-state index is 0.0503. The number of piperidine rings is 1. The van der Waals surface area contributed by atoms with E-state index in [-0.39, 0.29) is 5.91 Å². The van der Waals surface area contributed by atoms with E-state index in [2.05, 4.69) is 10.2 Å². The number of fused-ring (bicyclic) bond motifs is 3. The second kappa shape index (κ2) is 4.10. The zero-order valence-corrected chi connectivity index (χ0v) is 10.7. The van der Waals surface area contributed by atoms with Gasteiger partial charge in [0.1, 0.15) is 0 Å². The Morgan fingerprint density at radius 3 is 3.00 bits per heavy atom. The molecule has 0 spiro atoms. The lowest BCUT2D eigenvalue weighted by molar-refractivity contribution is 0.0924. The summed E-state index contributed by atoms with van der Waals surface area (Å²) in [6.07, 6.45) is 5.09. The summed E-state index contributed by atoms with van der Waals surface area (Å²) in [5.74, 6) is 0.702. The zero-order chi connectivity index (χ0) is 12.8. The van der Waals surface area contributed by atoms with E-state index in [1.165, 1.54) is 13.0 Å². The third-order valence-corrected chi connectivity index (χ3v) is 4.44. The molecule has 2 aromatic rings. The minimum absolute atomic E-state index is 0.0503. The lowest BCUT2D eigenvalue weighted by Crippen LogP contribution is -2.43. The second-order valence-corrected chi connectivity index (χ2v) is 5.65. The van der Waals surface area contributed by atoms with Crippen molar-refractivity contribution < 1.29 is 4.79 Å². The van der Waals surface area contributed by atoms with Gasteiger partial charge in [0, 0.05) is 37.0 Å². The van der Waals surface area contributed by atoms with Crippen molar-refractivity contribution in [1.82, 2.24) is 14.6 Å². The highest BCUT2D eigenvalue weighted by molar-refractivity contribution is 5.94. The Morgan fingerprint density at radius 2 is 2.21 bits per heavy atom. The Bertz CT molecular complexity index is 633. The Kier molecular flexibility index (Phi) is 2.38. The molecule has 3 atom stereocenters. The molecule has 0 saturated carbocycles. The molecule has 2 aromatic heterocycles. The van der Waals surface area contributed by atoms with Crippen molar-refractivity contribution in [3.63, 3.8) is 0 Å². The van der Waals surface area contributed by atoms with Crippen molar-refractivity contribution in [1.29, 1.82) is 0 Å². The first-order valence-electron chi connectivity index (χ1n) is 6.89. The van der Waals surface area contributed by atoms with Crippen LogP contribution in [0, 0.1) is 5.92 Å². The number of pyridine rings is 1. The number of nitrogens with one attached hydrogen (secondary N) is 1. The van der Waals surface area contributed by atoms with Crippen molar-refractivity contribution >= 4 is 11.4 Å². The lowest BCUT2D eigenvalue weighted by Gasteiger charge is -2.23. The largest absolute Gasteiger partial charge is 0.348 e. The van der Waals surface area contributed by atoms with Gasteiger partial charge < -0.3 is 14.6 Å². The zero-order valence-electron chi connectivity index (χ0n) is 10.7. The molecule has 0 radical (unpaired) electrons. The summed E-state index contributed by atoms with van der Waals surface area (Å²) in [5, 5.41) is 3.19. The van der Waals surface area contributed by atoms with Gasteiger partial charge in [-0.1, -0.05) is 0 Å². The molecule has 1 amide bonds. The number of amides is 1. The first kappa shape index (κ1) is 11.1. The van der Waals surface area contributed by atoms with Crippen LogP contribution in [0.3, 0.4) is 0 Å². The summed E-state index contributed by atoms with van der Waals surface area (Å²) in [5.41, 5.74) is 1.85. The van der Waals surface area contributed by atoms with Crippen molar-refractivity contribution in [2.45, 2.75) is 12.5 Å². The average Bonchev–Trinajstić information content (AvgIpc) is 3.13. The standard InChI is InChI=1S/C15H17N3O/c19-15(16-14-10-17-7-5-11(14)8-17)12-3-4-13-2-1-6-18(13)9-12/h1-4,6,9,11,14H,5,7-8,10H2,(H,16,19)/t11-,14-/m0/s1. The maximum atomic E-state index is 12.3. The monoisotopic (exact) mass is 255 g/mol. The molecule has 2 fully saturated rings. The van der Waals surface area contributed by atoms with E-state index in [9.17, 15) is 4.79 Å². The summed E-state index contributed by atoms with van der Waals surface area (Å²) in [7, 11) is 0. The predicted molar refractivity (Wildman–Crippen MR) is 73.2 cm³/mol. The lowest BCUT2D eigenvalue weighted by atomic mass is 10.00. The molecule has 4 heterocycles. The Hall–Kier alpha value is -1.81. The molecule has 2 saturated heterocycles. The fraction of sp³-hybridized carbons (Fsp3) is 0.400. The highest BCUT2D eigenvalue weighted by atomic mass is 16.1. The van der Waals surface area contributed by atoms with Gasteiger partial charge in [-0.3, -0.25) is 4.79 Å². The fourth-order valence-corrected chi connectivity index (χ4v) is 3.37. The number of rotatable bonds is 2. The van der Waals surface area contributed by atoms with E-state index < -0.39 is 0 Å². The van der Waals surface area contributed by atoms with Gasteiger partial charge in [0.05, 0.1) is 5.56 Å². The quantitative estimate of drug-likeness (QED) is 0.880. The molecule has 1 unspecified atom stereocenters. The van der Waals surface area contributed by atoms with Crippen LogP contribution in [0.25, 0.3) is 5.52 Å². The molecule has 2 aliphatic rings. The topological polar surface area (TPSA) is 36.8 Å². The third-order valence-electron chi connectivity index (χ3n) is 4.44. The van der Waals surface area contributed by atoms with Crippen molar-refractivity contribution in [3.05, 3.63) is 42.2 Å². The average molecular weight is 255 g/mol. The predicted octanol–water partition coefficient (Wildman–Crippen LogP) is 1.37. The van der Waals surface area contributed by atoms with Crippen LogP contribution in [0.5, 0.6) is 0 Å². The maximum absolute atomic E-state index is 12.3. The molecule has 2 bridgehead atoms. The Labute approximate surface area is 112 Å². The van der Waals surface area contributed by atoms with Crippen LogP contribution in [0.2, 0.25) is 0 Å². The molecular formula is C15H17N3O. The number of nitrogens with zero attached hydrogens (tertiary/aromatic N) is 2. The smallest absolute Gasteiger partial charge is 0.253 e. The highest BCUT2D eigenvalue weighted by Crippen LogP contribution is 2.27. The van der Waals surface area contributed by atoms with E-state index >= 15 is 0 Å². The minimum Gasteiger partial charge on any atom is -0.348 e. The first-order chi connectivity index (χ1) is 9.29. The molecule has 19 heavy (non-hydrogen) atoms. The van der Waals surface area contributed by atoms with E-state index in [0.29, 0.717) is 12.0 Å². The van der Waals surface area contributed by atoms with Crippen LogP contribution in [0.4, 0.5) is 0 Å². The summed E-state index contributed by atoms with van der Waals surface area (Å²) < 4.78 is 1.99. The van der Waals surface area contributed by atoms with E-state index in [1.54, 1.807) is 0 Å². The summed E-state index contributed by atoms with van der Waals surface area (Å²) in [6.45, 7) is 3.37. The van der Waals surface area contributed by atoms with Crippen molar-refractivity contribution in [2.75, 3.05) is 19.6 Å². The van der Waals surface area contributed by atoms with Crippen molar-refractivity contribution in [2.24, 2.45) is 5.92 Å². The normalized spacial score (nSPS) is 28.9. The van der Waals surface area contributed by atoms with E-state index in [1.807, 2.05) is 41.1 Å². The fourth-order valence-electron chi connectivity index (χ4n) is 3.37. The van der Waals surface area contributed by atoms with Gasteiger partial charge in [0.15, 0.2) is 0 Å². The summed E-state index contributed by atoms with van der Waals surface area (Å²) in [6, 6.07) is 8.24. The van der Waals surface area contributed by atoms with Crippen LogP contribution in [-0.2, 0) is 0 Å². The van der Waals surface area contributed by atoms with Gasteiger partial charge in [0.25, 0.3) is 5.91 Å². The molecule has 4 heteroatoms.